The van der Waals surface area contributed by atoms with Gasteiger partial charge in [0.15, 0.2) is 6.19 Å². The van der Waals surface area contributed by atoms with E-state index >= 15 is 0 Å². The lowest BCUT2D eigenvalue weighted by Gasteiger charge is -2.10. The Morgan fingerprint density at radius 1 is 1.38 bits per heavy atom. The molecule has 13 heavy (non-hydrogen) atoms. The molecule has 2 heteroatoms. The molecule has 0 bridgehead atoms. The Balaban J connectivity index is 2.41. The summed E-state index contributed by atoms with van der Waals surface area (Å²) in [5.74, 6) is 0.516. The van der Waals surface area contributed by atoms with E-state index in [2.05, 4.69) is 24.4 Å². The van der Waals surface area contributed by atoms with Gasteiger partial charge in [-0.2, -0.15) is 5.26 Å². The third-order valence-electron chi connectivity index (χ3n) is 2.15. The van der Waals surface area contributed by atoms with Gasteiger partial charge in [0.05, 0.1) is 0 Å². The fourth-order valence-corrected chi connectivity index (χ4v) is 1.29. The first kappa shape index (κ1) is 9.60. The van der Waals surface area contributed by atoms with Crippen molar-refractivity contribution in [1.82, 2.24) is 5.32 Å². The number of rotatable bonds is 4. The predicted molar refractivity (Wildman–Crippen MR) is 53.1 cm³/mol. The topological polar surface area (TPSA) is 35.8 Å². The Morgan fingerprint density at radius 3 is 2.69 bits per heavy atom. The second-order valence-electron chi connectivity index (χ2n) is 3.14. The van der Waals surface area contributed by atoms with Crippen LogP contribution in [-0.4, -0.2) is 6.54 Å². The minimum Gasteiger partial charge on any atom is -0.324 e. The van der Waals surface area contributed by atoms with E-state index < -0.39 is 0 Å². The molecule has 1 aromatic rings. The smallest absolute Gasteiger partial charge is 0.176 e. The number of nitrogens with zero attached hydrogens (tertiary/aromatic N) is 1. The number of nitrogens with one attached hydrogen (secondary N) is 1. The lowest BCUT2D eigenvalue weighted by Crippen LogP contribution is -2.10. The van der Waals surface area contributed by atoms with Crippen molar-refractivity contribution in [2.45, 2.75) is 19.3 Å². The van der Waals surface area contributed by atoms with Gasteiger partial charge in [0.1, 0.15) is 0 Å². The Labute approximate surface area is 79.2 Å². The zero-order valence-electron chi connectivity index (χ0n) is 7.83. The molecule has 0 aromatic heterocycles. The van der Waals surface area contributed by atoms with E-state index in [9.17, 15) is 0 Å². The van der Waals surface area contributed by atoms with Crippen LogP contribution in [0.4, 0.5) is 0 Å². The first-order valence-electron chi connectivity index (χ1n) is 4.51. The van der Waals surface area contributed by atoms with Crippen LogP contribution in [0.1, 0.15) is 24.8 Å². The fourth-order valence-electron chi connectivity index (χ4n) is 1.29. The van der Waals surface area contributed by atoms with Crippen LogP contribution in [0, 0.1) is 11.5 Å². The fraction of sp³-hybridized carbons (Fsp3) is 0.364. The lowest BCUT2D eigenvalue weighted by atomic mass is 9.98. The molecule has 0 amide bonds. The molecule has 1 aromatic carbocycles. The van der Waals surface area contributed by atoms with E-state index in [-0.39, 0.29) is 0 Å². The number of hydrogen-bond acceptors (Lipinski definition) is 2. The molecule has 0 fully saturated rings. The van der Waals surface area contributed by atoms with Crippen molar-refractivity contribution >= 4 is 0 Å². The standard InChI is InChI=1S/C11H14N2/c1-10(7-8-13-9-12)11-5-3-2-4-6-11/h2-6,10,13H,7-8H2,1H3. The summed E-state index contributed by atoms with van der Waals surface area (Å²) in [5.41, 5.74) is 1.34. The molecule has 1 atom stereocenters. The third-order valence-corrected chi connectivity index (χ3v) is 2.15. The Hall–Kier alpha value is -1.49. The zero-order chi connectivity index (χ0) is 9.52. The highest BCUT2D eigenvalue weighted by atomic mass is 14.8. The summed E-state index contributed by atoms with van der Waals surface area (Å²) in [5, 5.41) is 10.9. The third kappa shape index (κ3) is 3.16. The van der Waals surface area contributed by atoms with Gasteiger partial charge in [-0.1, -0.05) is 37.3 Å². The van der Waals surface area contributed by atoms with Crippen molar-refractivity contribution in [1.29, 1.82) is 5.26 Å². The van der Waals surface area contributed by atoms with Crippen molar-refractivity contribution in [2.75, 3.05) is 6.54 Å². The largest absolute Gasteiger partial charge is 0.324 e. The molecule has 0 aliphatic carbocycles. The molecule has 1 N–H and O–H groups in total. The second kappa shape index (κ2) is 5.21. The average Bonchev–Trinajstić information content (AvgIpc) is 2.19. The van der Waals surface area contributed by atoms with Gasteiger partial charge in [0, 0.05) is 6.54 Å². The zero-order valence-corrected chi connectivity index (χ0v) is 7.83. The van der Waals surface area contributed by atoms with Crippen LogP contribution in [0.2, 0.25) is 0 Å². The first-order chi connectivity index (χ1) is 6.34. The van der Waals surface area contributed by atoms with E-state index in [1.165, 1.54) is 5.56 Å². The minimum atomic E-state index is 0.516. The van der Waals surface area contributed by atoms with Gasteiger partial charge in [-0.3, -0.25) is 0 Å². The van der Waals surface area contributed by atoms with Gasteiger partial charge >= 0.3 is 0 Å². The highest BCUT2D eigenvalue weighted by molar-refractivity contribution is 5.18. The van der Waals surface area contributed by atoms with Gasteiger partial charge in [-0.25, -0.2) is 0 Å². The average molecular weight is 174 g/mol. The molecule has 0 saturated heterocycles. The molecule has 0 aliphatic rings. The maximum atomic E-state index is 8.29. The lowest BCUT2D eigenvalue weighted by molar-refractivity contribution is 0.655. The van der Waals surface area contributed by atoms with E-state index in [1.807, 2.05) is 24.4 Å². The predicted octanol–water partition coefficient (Wildman–Crippen LogP) is 2.25. The maximum Gasteiger partial charge on any atom is 0.176 e. The summed E-state index contributed by atoms with van der Waals surface area (Å²) in [6, 6.07) is 10.4. The maximum absolute atomic E-state index is 8.29. The van der Waals surface area contributed by atoms with Crippen LogP contribution in [0.5, 0.6) is 0 Å². The normalized spacial score (nSPS) is 11.7. The van der Waals surface area contributed by atoms with Crippen LogP contribution >= 0.6 is 0 Å². The van der Waals surface area contributed by atoms with Crippen LogP contribution < -0.4 is 5.32 Å². The van der Waals surface area contributed by atoms with E-state index in [0.29, 0.717) is 5.92 Å². The van der Waals surface area contributed by atoms with Gasteiger partial charge < -0.3 is 5.32 Å². The molecule has 0 aliphatic heterocycles. The molecule has 1 rings (SSSR count). The van der Waals surface area contributed by atoms with Crippen LogP contribution in [0.15, 0.2) is 30.3 Å². The van der Waals surface area contributed by atoms with Gasteiger partial charge in [0.25, 0.3) is 0 Å². The summed E-state index contributed by atoms with van der Waals surface area (Å²) < 4.78 is 0. The summed E-state index contributed by atoms with van der Waals surface area (Å²) in [4.78, 5) is 0. The van der Waals surface area contributed by atoms with Crippen molar-refractivity contribution in [3.63, 3.8) is 0 Å². The van der Waals surface area contributed by atoms with Crippen molar-refractivity contribution in [2.24, 2.45) is 0 Å². The van der Waals surface area contributed by atoms with E-state index in [1.54, 1.807) is 0 Å². The molecular weight excluding hydrogens is 160 g/mol. The second-order valence-corrected chi connectivity index (χ2v) is 3.14. The Morgan fingerprint density at radius 2 is 2.08 bits per heavy atom. The summed E-state index contributed by atoms with van der Waals surface area (Å²) in [6.45, 7) is 2.93. The van der Waals surface area contributed by atoms with Gasteiger partial charge in [-0.15, -0.1) is 0 Å². The SMILES string of the molecule is CC(CCNC#N)c1ccccc1. The molecule has 0 radical (unpaired) electrons. The molecule has 0 saturated carbocycles. The molecule has 68 valence electrons. The minimum absolute atomic E-state index is 0.516. The summed E-state index contributed by atoms with van der Waals surface area (Å²) in [7, 11) is 0. The molecular formula is C11H14N2. The number of nitriles is 1. The quantitative estimate of drug-likeness (QED) is 0.431. The highest BCUT2D eigenvalue weighted by Gasteiger charge is 2.02. The number of hydrogen-bond donors (Lipinski definition) is 1. The summed E-state index contributed by atoms with van der Waals surface area (Å²) in [6.07, 6.45) is 2.92. The summed E-state index contributed by atoms with van der Waals surface area (Å²) >= 11 is 0. The highest BCUT2D eigenvalue weighted by Crippen LogP contribution is 2.17. The van der Waals surface area contributed by atoms with Crippen molar-refractivity contribution in [3.05, 3.63) is 35.9 Å². The molecule has 2 nitrogen and oxygen atoms in total. The monoisotopic (exact) mass is 174 g/mol. The Bertz CT molecular complexity index is 274. The van der Waals surface area contributed by atoms with E-state index in [4.69, 9.17) is 5.26 Å². The van der Waals surface area contributed by atoms with Crippen LogP contribution in [0.25, 0.3) is 0 Å². The van der Waals surface area contributed by atoms with Crippen molar-refractivity contribution in [3.8, 4) is 6.19 Å². The van der Waals surface area contributed by atoms with Crippen LogP contribution in [-0.2, 0) is 0 Å². The number of benzene rings is 1. The molecule has 0 heterocycles. The van der Waals surface area contributed by atoms with E-state index in [0.717, 1.165) is 13.0 Å². The first-order valence-corrected chi connectivity index (χ1v) is 4.51. The Kier molecular flexibility index (Phi) is 3.84. The molecule has 0 spiro atoms. The van der Waals surface area contributed by atoms with Gasteiger partial charge in [-0.05, 0) is 17.9 Å². The van der Waals surface area contributed by atoms with Gasteiger partial charge in [0.2, 0.25) is 0 Å². The molecule has 1 unspecified atom stereocenters. The van der Waals surface area contributed by atoms with Crippen LogP contribution in [0.3, 0.4) is 0 Å². The van der Waals surface area contributed by atoms with Crippen molar-refractivity contribution < 1.29 is 0 Å².